The number of aryl methyl sites for hydroxylation is 2. The minimum atomic E-state index is 0.0448. The van der Waals surface area contributed by atoms with Gasteiger partial charge < -0.3 is 4.90 Å². The summed E-state index contributed by atoms with van der Waals surface area (Å²) in [6.45, 7) is 5.29. The van der Waals surface area contributed by atoms with E-state index in [0.29, 0.717) is 23.0 Å². The number of nitrogens with zero attached hydrogens (tertiary/aromatic N) is 5. The first kappa shape index (κ1) is 13.6. The number of piperidine rings is 1. The van der Waals surface area contributed by atoms with Crippen LogP contribution in [0.1, 0.15) is 44.1 Å². The van der Waals surface area contributed by atoms with Crippen LogP contribution in [-0.2, 0) is 0 Å². The Bertz CT molecular complexity index is 623. The molecule has 0 saturated carbocycles. The molecule has 0 N–H and O–H groups in total. The standard InChI is InChI=1S/C12H15N5OS2/c1-7-10(20-16-13-7)12(18)17-5-3-4-9(6-17)11-15-14-8(2)19-11/h9H,3-6H2,1-2H3. The van der Waals surface area contributed by atoms with Crippen LogP contribution in [0.2, 0.25) is 0 Å². The van der Waals surface area contributed by atoms with Crippen molar-refractivity contribution in [2.75, 3.05) is 13.1 Å². The van der Waals surface area contributed by atoms with Crippen LogP contribution < -0.4 is 0 Å². The molecule has 0 spiro atoms. The van der Waals surface area contributed by atoms with Gasteiger partial charge in [0.05, 0.1) is 5.69 Å². The molecule has 3 rings (SSSR count). The van der Waals surface area contributed by atoms with Gasteiger partial charge in [0.1, 0.15) is 14.9 Å². The van der Waals surface area contributed by atoms with Crippen LogP contribution in [0.25, 0.3) is 0 Å². The molecule has 3 heterocycles. The molecule has 2 aromatic heterocycles. The predicted octanol–water partition coefficient (Wildman–Crippen LogP) is 2.03. The van der Waals surface area contributed by atoms with Gasteiger partial charge in [-0.15, -0.1) is 26.6 Å². The second-order valence-electron chi connectivity index (χ2n) is 4.94. The van der Waals surface area contributed by atoms with E-state index in [2.05, 4.69) is 19.8 Å². The van der Waals surface area contributed by atoms with Gasteiger partial charge in [-0.25, -0.2) is 0 Å². The molecule has 1 aliphatic heterocycles. The molecule has 6 nitrogen and oxygen atoms in total. The molecule has 2 aromatic rings. The zero-order valence-electron chi connectivity index (χ0n) is 11.4. The molecule has 106 valence electrons. The van der Waals surface area contributed by atoms with Gasteiger partial charge in [-0.3, -0.25) is 4.79 Å². The Balaban J connectivity index is 1.75. The van der Waals surface area contributed by atoms with Gasteiger partial charge in [0.2, 0.25) is 0 Å². The van der Waals surface area contributed by atoms with Crippen molar-refractivity contribution in [3.63, 3.8) is 0 Å². The molecule has 0 bridgehead atoms. The van der Waals surface area contributed by atoms with E-state index in [1.807, 2.05) is 18.7 Å². The maximum atomic E-state index is 12.5. The third kappa shape index (κ3) is 2.57. The first-order chi connectivity index (χ1) is 9.65. The lowest BCUT2D eigenvalue weighted by Crippen LogP contribution is -2.39. The average Bonchev–Trinajstić information content (AvgIpc) is 3.07. The highest BCUT2D eigenvalue weighted by atomic mass is 32.1. The fraction of sp³-hybridized carbons (Fsp3) is 0.583. The van der Waals surface area contributed by atoms with Gasteiger partial charge in [-0.05, 0) is 38.2 Å². The third-order valence-corrected chi connectivity index (χ3v) is 5.26. The molecule has 0 radical (unpaired) electrons. The van der Waals surface area contributed by atoms with Gasteiger partial charge in [-0.1, -0.05) is 4.49 Å². The van der Waals surface area contributed by atoms with Crippen LogP contribution >= 0.6 is 22.9 Å². The molecular formula is C12H15N5OS2. The van der Waals surface area contributed by atoms with Gasteiger partial charge in [-0.2, -0.15) is 0 Å². The number of hydrogen-bond acceptors (Lipinski definition) is 7. The molecule has 1 aliphatic rings. The lowest BCUT2D eigenvalue weighted by atomic mass is 9.98. The fourth-order valence-corrected chi connectivity index (χ4v) is 3.86. The molecular weight excluding hydrogens is 294 g/mol. The van der Waals surface area contributed by atoms with E-state index in [9.17, 15) is 4.79 Å². The van der Waals surface area contributed by atoms with Gasteiger partial charge >= 0.3 is 0 Å². The summed E-state index contributed by atoms with van der Waals surface area (Å²) in [7, 11) is 0. The van der Waals surface area contributed by atoms with Crippen molar-refractivity contribution in [3.8, 4) is 0 Å². The summed E-state index contributed by atoms with van der Waals surface area (Å²) in [5, 5.41) is 14.2. The van der Waals surface area contributed by atoms with Crippen molar-refractivity contribution in [2.24, 2.45) is 0 Å². The number of carbonyl (C=O) groups is 1. The normalized spacial score (nSPS) is 19.3. The van der Waals surface area contributed by atoms with Crippen molar-refractivity contribution in [1.29, 1.82) is 0 Å². The largest absolute Gasteiger partial charge is 0.337 e. The van der Waals surface area contributed by atoms with Crippen LogP contribution in [0, 0.1) is 13.8 Å². The van der Waals surface area contributed by atoms with E-state index in [1.54, 1.807) is 11.3 Å². The Kier molecular flexibility index (Phi) is 3.75. The lowest BCUT2D eigenvalue weighted by molar-refractivity contribution is 0.0711. The zero-order valence-corrected chi connectivity index (χ0v) is 13.0. The molecule has 0 aliphatic carbocycles. The maximum Gasteiger partial charge on any atom is 0.267 e. The molecule has 8 heteroatoms. The van der Waals surface area contributed by atoms with E-state index in [4.69, 9.17) is 0 Å². The summed E-state index contributed by atoms with van der Waals surface area (Å²) in [4.78, 5) is 15.0. The minimum absolute atomic E-state index is 0.0448. The third-order valence-electron chi connectivity index (χ3n) is 3.45. The van der Waals surface area contributed by atoms with E-state index < -0.39 is 0 Å². The van der Waals surface area contributed by atoms with Crippen molar-refractivity contribution in [1.82, 2.24) is 24.7 Å². The van der Waals surface area contributed by atoms with Crippen LogP contribution in [0.5, 0.6) is 0 Å². The Hall–Kier alpha value is -1.41. The quantitative estimate of drug-likeness (QED) is 0.848. The Morgan fingerprint density at radius 3 is 2.80 bits per heavy atom. The minimum Gasteiger partial charge on any atom is -0.337 e. The van der Waals surface area contributed by atoms with Crippen LogP contribution in [0.3, 0.4) is 0 Å². The monoisotopic (exact) mass is 309 g/mol. The topological polar surface area (TPSA) is 71.9 Å². The molecule has 1 amide bonds. The maximum absolute atomic E-state index is 12.5. The second-order valence-corrected chi connectivity index (χ2v) is 6.90. The summed E-state index contributed by atoms with van der Waals surface area (Å²) in [6.07, 6.45) is 2.07. The average molecular weight is 309 g/mol. The number of carbonyl (C=O) groups excluding carboxylic acids is 1. The highest BCUT2D eigenvalue weighted by molar-refractivity contribution is 7.11. The first-order valence-corrected chi connectivity index (χ1v) is 8.12. The SMILES string of the molecule is Cc1nnc(C2CCCN(C(=O)c3snnc3C)C2)s1. The summed E-state index contributed by atoms with van der Waals surface area (Å²) in [5.41, 5.74) is 0.717. The van der Waals surface area contributed by atoms with Gasteiger partial charge in [0.15, 0.2) is 0 Å². The molecule has 20 heavy (non-hydrogen) atoms. The van der Waals surface area contributed by atoms with Crippen molar-refractivity contribution in [3.05, 3.63) is 20.6 Å². The second kappa shape index (κ2) is 5.53. The van der Waals surface area contributed by atoms with Crippen molar-refractivity contribution in [2.45, 2.75) is 32.6 Å². The Morgan fingerprint density at radius 2 is 2.15 bits per heavy atom. The Labute approximate surface area is 125 Å². The lowest BCUT2D eigenvalue weighted by Gasteiger charge is -2.31. The first-order valence-electron chi connectivity index (χ1n) is 6.53. The molecule has 1 fully saturated rings. The number of amides is 1. The number of aromatic nitrogens is 4. The van der Waals surface area contributed by atoms with E-state index >= 15 is 0 Å². The van der Waals surface area contributed by atoms with Crippen molar-refractivity contribution < 1.29 is 4.79 Å². The number of likely N-dealkylation sites (tertiary alicyclic amines) is 1. The number of rotatable bonds is 2. The van der Waals surface area contributed by atoms with Crippen LogP contribution in [0.4, 0.5) is 0 Å². The fourth-order valence-electron chi connectivity index (χ4n) is 2.41. The van der Waals surface area contributed by atoms with E-state index in [0.717, 1.165) is 29.4 Å². The molecule has 1 saturated heterocycles. The van der Waals surface area contributed by atoms with E-state index in [-0.39, 0.29) is 5.91 Å². The Morgan fingerprint density at radius 1 is 1.30 bits per heavy atom. The molecule has 1 unspecified atom stereocenters. The van der Waals surface area contributed by atoms with Gasteiger partial charge in [0.25, 0.3) is 5.91 Å². The molecule has 1 atom stereocenters. The summed E-state index contributed by atoms with van der Waals surface area (Å²) >= 11 is 2.80. The molecule has 0 aromatic carbocycles. The summed E-state index contributed by atoms with van der Waals surface area (Å²) in [6, 6.07) is 0. The highest BCUT2D eigenvalue weighted by Gasteiger charge is 2.29. The summed E-state index contributed by atoms with van der Waals surface area (Å²) < 4.78 is 3.84. The van der Waals surface area contributed by atoms with Crippen LogP contribution in [-0.4, -0.2) is 43.7 Å². The van der Waals surface area contributed by atoms with E-state index in [1.165, 1.54) is 11.5 Å². The smallest absolute Gasteiger partial charge is 0.267 e. The number of hydrogen-bond donors (Lipinski definition) is 0. The summed E-state index contributed by atoms with van der Waals surface area (Å²) in [5.74, 6) is 0.350. The van der Waals surface area contributed by atoms with Crippen molar-refractivity contribution >= 4 is 28.8 Å². The highest BCUT2D eigenvalue weighted by Crippen LogP contribution is 2.30. The van der Waals surface area contributed by atoms with Crippen LogP contribution in [0.15, 0.2) is 0 Å². The van der Waals surface area contributed by atoms with Gasteiger partial charge in [0, 0.05) is 19.0 Å². The zero-order chi connectivity index (χ0) is 14.1. The predicted molar refractivity (Wildman–Crippen MR) is 77.2 cm³/mol.